The number of carbonyl (C=O) groups excluding carboxylic acids is 1. The Bertz CT molecular complexity index is 533. The lowest BCUT2D eigenvalue weighted by Gasteiger charge is -2.00. The van der Waals surface area contributed by atoms with Crippen molar-refractivity contribution in [3.05, 3.63) is 29.2 Å². The van der Waals surface area contributed by atoms with Crippen LogP contribution in [0.3, 0.4) is 0 Å². The number of esters is 1. The Hall–Kier alpha value is -1.91. The predicted molar refractivity (Wildman–Crippen MR) is 52.1 cm³/mol. The van der Waals surface area contributed by atoms with Crippen molar-refractivity contribution < 1.29 is 13.9 Å². The van der Waals surface area contributed by atoms with Gasteiger partial charge in [-0.1, -0.05) is 0 Å². The second kappa shape index (κ2) is 3.34. The Morgan fingerprint density at radius 3 is 2.93 bits per heavy atom. The number of ether oxygens (including phenoxy) is 1. The summed E-state index contributed by atoms with van der Waals surface area (Å²) in [6, 6.07) is 2.69. The van der Waals surface area contributed by atoms with Crippen LogP contribution in [0.25, 0.3) is 10.9 Å². The highest BCUT2D eigenvalue weighted by Crippen LogP contribution is 2.20. The topological polar surface area (TPSA) is 55.0 Å². The summed E-state index contributed by atoms with van der Waals surface area (Å²) >= 11 is 0. The maximum absolute atomic E-state index is 13.5. The summed E-state index contributed by atoms with van der Waals surface area (Å²) in [6.45, 7) is 1.74. The number of halogens is 1. The average Bonchev–Trinajstić information content (AvgIpc) is 2.60. The van der Waals surface area contributed by atoms with E-state index >= 15 is 0 Å². The molecule has 0 saturated heterocycles. The van der Waals surface area contributed by atoms with Crippen LogP contribution in [0, 0.1) is 12.7 Å². The van der Waals surface area contributed by atoms with Crippen LogP contribution in [0.1, 0.15) is 16.1 Å². The highest BCUT2D eigenvalue weighted by atomic mass is 19.1. The number of aromatic nitrogens is 2. The predicted octanol–water partition coefficient (Wildman–Crippen LogP) is 1.80. The van der Waals surface area contributed by atoms with E-state index in [0.29, 0.717) is 16.6 Å². The van der Waals surface area contributed by atoms with Crippen molar-refractivity contribution in [1.29, 1.82) is 0 Å². The molecule has 0 aliphatic heterocycles. The summed E-state index contributed by atoms with van der Waals surface area (Å²) in [6.07, 6.45) is 0. The van der Waals surface area contributed by atoms with Crippen LogP contribution < -0.4 is 0 Å². The molecule has 0 unspecified atom stereocenters. The van der Waals surface area contributed by atoms with Gasteiger partial charge in [0.05, 0.1) is 18.4 Å². The van der Waals surface area contributed by atoms with Crippen LogP contribution in [0.15, 0.2) is 12.1 Å². The first-order chi connectivity index (χ1) is 7.13. The van der Waals surface area contributed by atoms with Crippen LogP contribution in [-0.2, 0) is 4.74 Å². The normalized spacial score (nSPS) is 10.6. The van der Waals surface area contributed by atoms with Crippen molar-refractivity contribution in [2.24, 2.45) is 0 Å². The van der Waals surface area contributed by atoms with Crippen molar-refractivity contribution in [3.63, 3.8) is 0 Å². The molecule has 0 aliphatic carbocycles. The minimum absolute atomic E-state index is 0.187. The number of methoxy groups -OCH3 is 1. The Labute approximate surface area is 85.0 Å². The van der Waals surface area contributed by atoms with Gasteiger partial charge in [-0.15, -0.1) is 0 Å². The molecule has 2 aromatic rings. The molecule has 1 heterocycles. The van der Waals surface area contributed by atoms with Gasteiger partial charge in [-0.25, -0.2) is 9.18 Å². The van der Waals surface area contributed by atoms with E-state index in [4.69, 9.17) is 0 Å². The van der Waals surface area contributed by atoms with E-state index in [0.717, 1.165) is 6.07 Å². The van der Waals surface area contributed by atoms with Crippen LogP contribution in [0.2, 0.25) is 0 Å². The molecule has 0 atom stereocenters. The van der Waals surface area contributed by atoms with Gasteiger partial charge in [0.15, 0.2) is 0 Å². The molecular formula is C10H9FN2O2. The first-order valence-electron chi connectivity index (χ1n) is 4.36. The fourth-order valence-corrected chi connectivity index (χ4v) is 1.44. The van der Waals surface area contributed by atoms with Gasteiger partial charge in [0, 0.05) is 5.39 Å². The molecule has 0 saturated carbocycles. The second-order valence-corrected chi connectivity index (χ2v) is 3.18. The molecule has 2 rings (SSSR count). The van der Waals surface area contributed by atoms with Crippen molar-refractivity contribution in [3.8, 4) is 0 Å². The molecule has 15 heavy (non-hydrogen) atoms. The molecule has 4 nitrogen and oxygen atoms in total. The quantitative estimate of drug-likeness (QED) is 0.727. The summed E-state index contributed by atoms with van der Waals surface area (Å²) in [7, 11) is 1.26. The number of hydrogen-bond donors (Lipinski definition) is 1. The number of nitrogens with one attached hydrogen (secondary N) is 1. The van der Waals surface area contributed by atoms with E-state index in [2.05, 4.69) is 14.9 Å². The van der Waals surface area contributed by atoms with Gasteiger partial charge < -0.3 is 4.74 Å². The monoisotopic (exact) mass is 208 g/mol. The first kappa shape index (κ1) is 9.64. The van der Waals surface area contributed by atoms with Gasteiger partial charge in [0.25, 0.3) is 0 Å². The zero-order valence-corrected chi connectivity index (χ0v) is 8.30. The van der Waals surface area contributed by atoms with Gasteiger partial charge in [0.1, 0.15) is 11.3 Å². The number of benzene rings is 1. The lowest BCUT2D eigenvalue weighted by molar-refractivity contribution is 0.0600. The number of nitrogens with zero attached hydrogens (tertiary/aromatic N) is 1. The number of rotatable bonds is 1. The summed E-state index contributed by atoms with van der Waals surface area (Å²) in [5, 5.41) is 7.02. The number of fused-ring (bicyclic) bond motifs is 1. The SMILES string of the molecule is COC(=O)c1cc(F)c2[nH]nc(C)c2c1. The van der Waals surface area contributed by atoms with Gasteiger partial charge in [-0.05, 0) is 19.1 Å². The smallest absolute Gasteiger partial charge is 0.337 e. The van der Waals surface area contributed by atoms with Crippen LogP contribution in [-0.4, -0.2) is 23.3 Å². The number of aromatic amines is 1. The summed E-state index contributed by atoms with van der Waals surface area (Å²) in [5.41, 5.74) is 1.14. The van der Waals surface area contributed by atoms with E-state index < -0.39 is 11.8 Å². The van der Waals surface area contributed by atoms with Gasteiger partial charge in [-0.3, -0.25) is 5.10 Å². The molecule has 1 aromatic heterocycles. The standard InChI is InChI=1S/C10H9FN2O2/c1-5-7-3-6(10(14)15-2)4-8(11)9(7)13-12-5/h3-4H,1-2H3,(H,12,13). The third-order valence-corrected chi connectivity index (χ3v) is 2.24. The van der Waals surface area contributed by atoms with E-state index in [1.165, 1.54) is 7.11 Å². The fraction of sp³-hybridized carbons (Fsp3) is 0.200. The molecule has 0 amide bonds. The molecule has 0 radical (unpaired) electrons. The Balaban J connectivity index is 2.70. The zero-order valence-electron chi connectivity index (χ0n) is 8.30. The Morgan fingerprint density at radius 2 is 2.27 bits per heavy atom. The second-order valence-electron chi connectivity index (χ2n) is 3.18. The van der Waals surface area contributed by atoms with Crippen LogP contribution in [0.4, 0.5) is 4.39 Å². The maximum Gasteiger partial charge on any atom is 0.337 e. The van der Waals surface area contributed by atoms with E-state index in [1.54, 1.807) is 13.0 Å². The fourth-order valence-electron chi connectivity index (χ4n) is 1.44. The molecule has 1 N–H and O–H groups in total. The largest absolute Gasteiger partial charge is 0.465 e. The molecule has 78 valence electrons. The number of hydrogen-bond acceptors (Lipinski definition) is 3. The summed E-state index contributed by atoms with van der Waals surface area (Å²) < 4.78 is 18.0. The Kier molecular flexibility index (Phi) is 2.15. The minimum atomic E-state index is -0.559. The third kappa shape index (κ3) is 1.45. The zero-order chi connectivity index (χ0) is 11.0. The van der Waals surface area contributed by atoms with Crippen molar-refractivity contribution in [2.75, 3.05) is 7.11 Å². The van der Waals surface area contributed by atoms with Crippen molar-refractivity contribution in [2.45, 2.75) is 6.92 Å². The number of carbonyl (C=O) groups is 1. The molecular weight excluding hydrogens is 199 g/mol. The molecule has 5 heteroatoms. The number of aryl methyl sites for hydroxylation is 1. The number of H-pyrrole nitrogens is 1. The van der Waals surface area contributed by atoms with Gasteiger partial charge >= 0.3 is 5.97 Å². The van der Waals surface area contributed by atoms with Crippen LogP contribution in [0.5, 0.6) is 0 Å². The van der Waals surface area contributed by atoms with Gasteiger partial charge in [0.2, 0.25) is 0 Å². The maximum atomic E-state index is 13.5. The van der Waals surface area contributed by atoms with E-state index in [-0.39, 0.29) is 5.56 Å². The highest BCUT2D eigenvalue weighted by Gasteiger charge is 2.13. The van der Waals surface area contributed by atoms with Crippen LogP contribution >= 0.6 is 0 Å². The molecule has 0 aliphatic rings. The molecule has 0 fully saturated rings. The minimum Gasteiger partial charge on any atom is -0.465 e. The lowest BCUT2D eigenvalue weighted by Crippen LogP contribution is -2.01. The molecule has 1 aromatic carbocycles. The molecule has 0 spiro atoms. The van der Waals surface area contributed by atoms with Crippen molar-refractivity contribution in [1.82, 2.24) is 10.2 Å². The van der Waals surface area contributed by atoms with E-state index in [9.17, 15) is 9.18 Å². The van der Waals surface area contributed by atoms with E-state index in [1.807, 2.05) is 0 Å². The third-order valence-electron chi connectivity index (χ3n) is 2.24. The van der Waals surface area contributed by atoms with Crippen molar-refractivity contribution >= 4 is 16.9 Å². The summed E-state index contributed by atoms with van der Waals surface area (Å²) in [4.78, 5) is 11.2. The summed E-state index contributed by atoms with van der Waals surface area (Å²) in [5.74, 6) is -1.06. The average molecular weight is 208 g/mol. The molecule has 0 bridgehead atoms. The highest BCUT2D eigenvalue weighted by molar-refractivity contribution is 5.95. The lowest BCUT2D eigenvalue weighted by atomic mass is 10.1. The first-order valence-corrected chi connectivity index (χ1v) is 4.36. The van der Waals surface area contributed by atoms with Gasteiger partial charge in [-0.2, -0.15) is 5.10 Å². The Morgan fingerprint density at radius 1 is 1.53 bits per heavy atom.